The summed E-state index contributed by atoms with van der Waals surface area (Å²) in [6.45, 7) is 2.28. The molecule has 0 spiro atoms. The quantitative estimate of drug-likeness (QED) is 0.303. The predicted octanol–water partition coefficient (Wildman–Crippen LogP) is 2.45. The molecule has 1 fully saturated rings. The van der Waals surface area contributed by atoms with E-state index in [0.717, 1.165) is 0 Å². The van der Waals surface area contributed by atoms with Crippen LogP contribution in [0.5, 0.6) is 0 Å². The molecule has 3 N–H and O–H groups in total. The van der Waals surface area contributed by atoms with Crippen LogP contribution in [0.1, 0.15) is 41.1 Å². The average molecular weight is 525 g/mol. The summed E-state index contributed by atoms with van der Waals surface area (Å²) in [7, 11) is -4.04. The van der Waals surface area contributed by atoms with Crippen LogP contribution in [0.4, 0.5) is 18.9 Å². The molecule has 1 aliphatic heterocycles. The van der Waals surface area contributed by atoms with Crippen LogP contribution in [0.2, 0.25) is 0 Å². The van der Waals surface area contributed by atoms with Gasteiger partial charge in [-0.2, -0.15) is 0 Å². The van der Waals surface area contributed by atoms with Crippen molar-refractivity contribution in [2.75, 3.05) is 30.2 Å². The zero-order chi connectivity index (χ0) is 26.0. The van der Waals surface area contributed by atoms with Crippen molar-refractivity contribution in [3.05, 3.63) is 64.7 Å². The Morgan fingerprint density at radius 3 is 2.72 bits per heavy atom. The lowest BCUT2D eigenvalue weighted by molar-refractivity contribution is -0.0233. The number of sulfonamides is 1. The highest BCUT2D eigenvalue weighted by atomic mass is 32.2. The summed E-state index contributed by atoms with van der Waals surface area (Å²) in [5.74, 6) is -6.46. The molecule has 0 aliphatic carbocycles. The van der Waals surface area contributed by atoms with E-state index in [0.29, 0.717) is 30.4 Å². The first-order valence-corrected chi connectivity index (χ1v) is 12.8. The number of nitrogens with one attached hydrogen (secondary N) is 2. The molecule has 0 bridgehead atoms. The minimum Gasteiger partial charge on any atom is -0.395 e. The predicted molar refractivity (Wildman–Crippen MR) is 125 cm³/mol. The molecule has 1 aromatic heterocycles. The third kappa shape index (κ3) is 5.19. The fourth-order valence-electron chi connectivity index (χ4n) is 3.92. The highest BCUT2D eigenvalue weighted by Gasteiger charge is 2.29. The molecule has 0 amide bonds. The van der Waals surface area contributed by atoms with E-state index in [2.05, 4.69) is 15.3 Å². The number of aromatic nitrogens is 2. The lowest BCUT2D eigenvalue weighted by atomic mass is 10.0. The van der Waals surface area contributed by atoms with E-state index in [1.807, 2.05) is 4.72 Å². The number of halogens is 3. The minimum absolute atomic E-state index is 0.199. The van der Waals surface area contributed by atoms with Gasteiger partial charge in [-0.3, -0.25) is 14.5 Å². The van der Waals surface area contributed by atoms with Crippen molar-refractivity contribution in [2.24, 2.45) is 0 Å². The fraction of sp³-hybridized carbons (Fsp3) is 0.348. The summed E-state index contributed by atoms with van der Waals surface area (Å²) >= 11 is 0. The van der Waals surface area contributed by atoms with Crippen LogP contribution in [0.3, 0.4) is 0 Å². The second-order valence-electron chi connectivity index (χ2n) is 8.19. The van der Waals surface area contributed by atoms with Gasteiger partial charge in [0, 0.05) is 18.2 Å². The molecule has 36 heavy (non-hydrogen) atoms. The number of carbonyl (C=O) groups excluding carboxylic acids is 1. The van der Waals surface area contributed by atoms with E-state index in [1.165, 1.54) is 24.4 Å². The van der Waals surface area contributed by atoms with Crippen LogP contribution in [0.15, 0.2) is 30.5 Å². The van der Waals surface area contributed by atoms with Gasteiger partial charge in [-0.25, -0.2) is 26.6 Å². The van der Waals surface area contributed by atoms with Crippen molar-refractivity contribution in [3.63, 3.8) is 0 Å². The minimum atomic E-state index is -4.04. The molecule has 1 aliphatic rings. The molecule has 3 aromatic rings. The smallest absolute Gasteiger partial charge is 0.232 e. The highest BCUT2D eigenvalue weighted by molar-refractivity contribution is 7.92. The molecule has 2 heterocycles. The molecular weight excluding hydrogens is 501 g/mol. The number of rotatable bonds is 8. The van der Waals surface area contributed by atoms with Gasteiger partial charge in [0.15, 0.2) is 23.2 Å². The summed E-state index contributed by atoms with van der Waals surface area (Å²) in [6.07, 6.45) is 1.05. The summed E-state index contributed by atoms with van der Waals surface area (Å²) in [5, 5.41) is 12.7. The van der Waals surface area contributed by atoms with Crippen molar-refractivity contribution in [2.45, 2.75) is 25.5 Å². The van der Waals surface area contributed by atoms with Gasteiger partial charge in [-0.1, -0.05) is 6.92 Å². The molecule has 4 rings (SSSR count). The Kier molecular flexibility index (Phi) is 7.54. The van der Waals surface area contributed by atoms with Crippen molar-refractivity contribution < 1.29 is 36.2 Å². The number of morpholine rings is 1. The number of benzene rings is 2. The van der Waals surface area contributed by atoms with E-state index in [-0.39, 0.29) is 29.9 Å². The van der Waals surface area contributed by atoms with E-state index in [4.69, 9.17) is 4.74 Å². The zero-order valence-corrected chi connectivity index (χ0v) is 19.9. The van der Waals surface area contributed by atoms with E-state index in [9.17, 15) is 27.1 Å². The molecule has 1 saturated heterocycles. The second kappa shape index (κ2) is 10.5. The SMILES string of the molecule is CCCS(=O)(=O)Nc1cc(F)c(F)c(C(=O)c2ccc3ncc(C4OCCNC4CO)nc3c2)c1F. The number of fused-ring (bicyclic) bond motifs is 1. The summed E-state index contributed by atoms with van der Waals surface area (Å²) in [5.41, 5.74) is -1.40. The Bertz CT molecular complexity index is 1420. The topological polar surface area (TPSA) is 131 Å². The third-order valence-electron chi connectivity index (χ3n) is 5.60. The zero-order valence-electron chi connectivity index (χ0n) is 19.1. The summed E-state index contributed by atoms with van der Waals surface area (Å²) < 4.78 is 75.5. The van der Waals surface area contributed by atoms with Gasteiger partial charge in [-0.05, 0) is 24.6 Å². The Balaban J connectivity index is 1.73. The van der Waals surface area contributed by atoms with Crippen LogP contribution < -0.4 is 10.0 Å². The average Bonchev–Trinajstić information content (AvgIpc) is 2.86. The van der Waals surface area contributed by atoms with Crippen LogP contribution in [0.25, 0.3) is 11.0 Å². The van der Waals surface area contributed by atoms with Gasteiger partial charge in [-0.15, -0.1) is 0 Å². The lowest BCUT2D eigenvalue weighted by Gasteiger charge is -2.31. The number of carbonyl (C=O) groups is 1. The van der Waals surface area contributed by atoms with E-state index >= 15 is 4.39 Å². The standard InChI is InChI=1S/C23H23F3N4O5S/c1-2-7-36(33,34)30-16-9-13(24)20(25)19(21(16)26)22(32)12-3-4-14-15(8-12)29-17(10-28-14)23-18(11-31)27-5-6-35-23/h3-4,8-10,18,23,27,30-31H,2,5-7,11H2,1H3. The molecule has 13 heteroatoms. The summed E-state index contributed by atoms with van der Waals surface area (Å²) in [4.78, 5) is 21.8. The van der Waals surface area contributed by atoms with Gasteiger partial charge in [0.1, 0.15) is 6.10 Å². The monoisotopic (exact) mass is 524 g/mol. The molecule has 0 radical (unpaired) electrons. The van der Waals surface area contributed by atoms with E-state index in [1.54, 1.807) is 6.92 Å². The van der Waals surface area contributed by atoms with Crippen molar-refractivity contribution in [1.82, 2.24) is 15.3 Å². The summed E-state index contributed by atoms with van der Waals surface area (Å²) in [6, 6.07) is 3.81. The Hall–Kier alpha value is -3.13. The van der Waals surface area contributed by atoms with Crippen molar-refractivity contribution in [1.29, 1.82) is 0 Å². The number of nitrogens with zero attached hydrogens (tertiary/aromatic N) is 2. The third-order valence-corrected chi connectivity index (χ3v) is 7.08. The van der Waals surface area contributed by atoms with Crippen molar-refractivity contribution in [3.8, 4) is 0 Å². The highest BCUT2D eigenvalue weighted by Crippen LogP contribution is 2.29. The number of ketones is 1. The molecule has 9 nitrogen and oxygen atoms in total. The number of aliphatic hydroxyl groups is 1. The number of aliphatic hydroxyl groups excluding tert-OH is 1. The molecule has 2 atom stereocenters. The number of anilines is 1. The Morgan fingerprint density at radius 1 is 1.22 bits per heavy atom. The first kappa shape index (κ1) is 25.9. The Morgan fingerprint density at radius 2 is 2.00 bits per heavy atom. The maximum atomic E-state index is 15.1. The number of hydrogen-bond donors (Lipinski definition) is 3. The first-order valence-electron chi connectivity index (χ1n) is 11.1. The molecule has 2 aromatic carbocycles. The van der Waals surface area contributed by atoms with Gasteiger partial charge >= 0.3 is 0 Å². The van der Waals surface area contributed by atoms with Gasteiger partial charge in [0.2, 0.25) is 10.0 Å². The molecule has 192 valence electrons. The maximum Gasteiger partial charge on any atom is 0.232 e. The van der Waals surface area contributed by atoms with Gasteiger partial charge in [0.25, 0.3) is 0 Å². The normalized spacial score (nSPS) is 18.4. The number of hydrogen-bond acceptors (Lipinski definition) is 8. The Labute approximate surface area is 204 Å². The lowest BCUT2D eigenvalue weighted by Crippen LogP contribution is -2.46. The first-order chi connectivity index (χ1) is 17.1. The van der Waals surface area contributed by atoms with Crippen LogP contribution in [-0.2, 0) is 14.8 Å². The van der Waals surface area contributed by atoms with Crippen LogP contribution in [0, 0.1) is 17.5 Å². The van der Waals surface area contributed by atoms with Crippen LogP contribution in [-0.4, -0.2) is 60.8 Å². The van der Waals surface area contributed by atoms with Crippen molar-refractivity contribution >= 4 is 32.5 Å². The molecule has 0 saturated carbocycles. The maximum absolute atomic E-state index is 15.1. The largest absolute Gasteiger partial charge is 0.395 e. The fourth-order valence-corrected chi connectivity index (χ4v) is 5.04. The molecule has 2 unspecified atom stereocenters. The second-order valence-corrected chi connectivity index (χ2v) is 10.0. The van der Waals surface area contributed by atoms with E-state index < -0.39 is 56.7 Å². The van der Waals surface area contributed by atoms with Crippen LogP contribution >= 0.6 is 0 Å². The van der Waals surface area contributed by atoms with Gasteiger partial charge in [0.05, 0.1) is 59.2 Å². The van der Waals surface area contributed by atoms with Gasteiger partial charge < -0.3 is 15.2 Å². The number of ether oxygens (including phenoxy) is 1. The molecular formula is C23H23F3N4O5S.